The molecule has 0 aliphatic heterocycles. The summed E-state index contributed by atoms with van der Waals surface area (Å²) in [5.74, 6) is 0.972. The quantitative estimate of drug-likeness (QED) is 0.748. The highest BCUT2D eigenvalue weighted by molar-refractivity contribution is 7.09. The summed E-state index contributed by atoms with van der Waals surface area (Å²) in [6.45, 7) is 7.27. The normalized spacial score (nSPS) is 12.9. The Morgan fingerprint density at radius 2 is 2.19 bits per heavy atom. The van der Waals surface area contributed by atoms with E-state index in [1.54, 1.807) is 11.3 Å². The molecule has 0 aliphatic rings. The number of aromatic nitrogens is 1. The van der Waals surface area contributed by atoms with Crippen molar-refractivity contribution in [3.05, 3.63) is 51.7 Å². The molecule has 0 aliphatic carbocycles. The first-order chi connectivity index (χ1) is 10.2. The van der Waals surface area contributed by atoms with Gasteiger partial charge in [0, 0.05) is 5.39 Å². The highest BCUT2D eigenvalue weighted by atomic mass is 32.1. The van der Waals surface area contributed by atoms with Gasteiger partial charge >= 0.3 is 0 Å². The Hall–Kier alpha value is -1.65. The largest absolute Gasteiger partial charge is 0.459 e. The van der Waals surface area contributed by atoms with Crippen molar-refractivity contribution < 1.29 is 4.42 Å². The first-order valence-corrected chi connectivity index (χ1v) is 8.21. The Morgan fingerprint density at radius 3 is 2.86 bits per heavy atom. The minimum absolute atomic E-state index is 0.0873. The van der Waals surface area contributed by atoms with Crippen LogP contribution in [-0.4, -0.2) is 11.5 Å². The zero-order valence-electron chi connectivity index (χ0n) is 12.6. The van der Waals surface area contributed by atoms with Gasteiger partial charge in [-0.2, -0.15) is 0 Å². The molecule has 0 bridgehead atoms. The van der Waals surface area contributed by atoms with Gasteiger partial charge in [-0.25, -0.2) is 4.98 Å². The number of fused-ring (bicyclic) bond motifs is 1. The molecule has 3 nitrogen and oxygen atoms in total. The molecule has 0 fully saturated rings. The second-order valence-electron chi connectivity index (χ2n) is 5.33. The van der Waals surface area contributed by atoms with Crippen LogP contribution in [-0.2, 0) is 0 Å². The maximum absolute atomic E-state index is 6.15. The molecule has 1 N–H and O–H groups in total. The Kier molecular flexibility index (Phi) is 4.08. The van der Waals surface area contributed by atoms with Gasteiger partial charge in [-0.1, -0.05) is 25.1 Å². The van der Waals surface area contributed by atoms with Crippen LogP contribution in [0.3, 0.4) is 0 Å². The molecule has 1 unspecified atom stereocenters. The molecule has 1 aromatic carbocycles. The van der Waals surface area contributed by atoms with Gasteiger partial charge in [0.2, 0.25) is 0 Å². The fourth-order valence-electron chi connectivity index (χ4n) is 2.57. The molecule has 21 heavy (non-hydrogen) atoms. The van der Waals surface area contributed by atoms with Gasteiger partial charge in [-0.15, -0.1) is 11.3 Å². The van der Waals surface area contributed by atoms with Crippen molar-refractivity contribution in [3.8, 4) is 0 Å². The van der Waals surface area contributed by atoms with Crippen molar-refractivity contribution in [1.82, 2.24) is 10.3 Å². The predicted octanol–water partition coefficient (Wildman–Crippen LogP) is 4.60. The number of aryl methyl sites for hydroxylation is 2. The van der Waals surface area contributed by atoms with Crippen molar-refractivity contribution in [2.75, 3.05) is 6.54 Å². The number of nitrogens with zero attached hydrogens (tertiary/aromatic N) is 1. The van der Waals surface area contributed by atoms with Crippen LogP contribution >= 0.6 is 11.3 Å². The van der Waals surface area contributed by atoms with Crippen LogP contribution in [0, 0.1) is 13.8 Å². The average Bonchev–Trinajstić information content (AvgIpc) is 3.07. The topological polar surface area (TPSA) is 38.1 Å². The van der Waals surface area contributed by atoms with E-state index in [0.717, 1.165) is 35.4 Å². The predicted molar refractivity (Wildman–Crippen MR) is 87.9 cm³/mol. The summed E-state index contributed by atoms with van der Waals surface area (Å²) in [5.41, 5.74) is 5.14. The van der Waals surface area contributed by atoms with E-state index in [0.29, 0.717) is 0 Å². The Bertz CT molecular complexity index is 744. The molecule has 3 aromatic rings. The Morgan fingerprint density at radius 1 is 1.33 bits per heavy atom. The lowest BCUT2D eigenvalue weighted by atomic mass is 10.1. The molecule has 1 atom stereocenters. The molecule has 2 heterocycles. The highest BCUT2D eigenvalue weighted by Gasteiger charge is 2.21. The average molecular weight is 300 g/mol. The third-order valence-electron chi connectivity index (χ3n) is 3.69. The molecule has 0 radical (unpaired) electrons. The molecule has 3 rings (SSSR count). The zero-order chi connectivity index (χ0) is 14.8. The molecule has 0 spiro atoms. The molecule has 2 aromatic heterocycles. The lowest BCUT2D eigenvalue weighted by Crippen LogP contribution is -2.22. The Labute approximate surface area is 129 Å². The number of thiazole rings is 1. The fraction of sp³-hybridized carbons (Fsp3) is 0.353. The molecular formula is C17H20N2OS. The molecular weight excluding hydrogens is 280 g/mol. The van der Waals surface area contributed by atoms with Crippen LogP contribution in [0.15, 0.2) is 34.2 Å². The first-order valence-electron chi connectivity index (χ1n) is 7.33. The van der Waals surface area contributed by atoms with Crippen LogP contribution in [0.2, 0.25) is 0 Å². The third-order valence-corrected chi connectivity index (χ3v) is 4.68. The van der Waals surface area contributed by atoms with E-state index in [1.165, 1.54) is 10.4 Å². The third kappa shape index (κ3) is 2.74. The van der Waals surface area contributed by atoms with E-state index in [9.17, 15) is 0 Å². The lowest BCUT2D eigenvalue weighted by molar-refractivity contribution is 0.471. The number of benzene rings is 1. The SMILES string of the molecule is CCCNC(c1cc2cccc(C)c2o1)c1scnc1C. The summed E-state index contributed by atoms with van der Waals surface area (Å²) in [4.78, 5) is 5.62. The van der Waals surface area contributed by atoms with Crippen molar-refractivity contribution in [1.29, 1.82) is 0 Å². The number of hydrogen-bond donors (Lipinski definition) is 1. The standard InChI is InChI=1S/C17H20N2OS/c1-4-8-18-15(17-12(3)19-10-21-17)14-9-13-7-5-6-11(2)16(13)20-14/h5-7,9-10,15,18H,4,8H2,1-3H3. The van der Waals surface area contributed by atoms with E-state index in [1.807, 2.05) is 5.51 Å². The summed E-state index contributed by atoms with van der Waals surface area (Å²) >= 11 is 1.68. The summed E-state index contributed by atoms with van der Waals surface area (Å²) in [5, 5.41) is 4.75. The van der Waals surface area contributed by atoms with E-state index in [2.05, 4.69) is 55.3 Å². The van der Waals surface area contributed by atoms with E-state index in [-0.39, 0.29) is 6.04 Å². The van der Waals surface area contributed by atoms with Crippen LogP contribution < -0.4 is 5.32 Å². The minimum Gasteiger partial charge on any atom is -0.459 e. The van der Waals surface area contributed by atoms with E-state index >= 15 is 0 Å². The van der Waals surface area contributed by atoms with Crippen molar-refractivity contribution in [2.45, 2.75) is 33.2 Å². The molecule has 0 saturated carbocycles. The number of rotatable bonds is 5. The smallest absolute Gasteiger partial charge is 0.137 e. The van der Waals surface area contributed by atoms with Crippen LogP contribution in [0.1, 0.15) is 41.3 Å². The van der Waals surface area contributed by atoms with Gasteiger partial charge in [0.1, 0.15) is 17.4 Å². The van der Waals surface area contributed by atoms with Gasteiger partial charge < -0.3 is 9.73 Å². The van der Waals surface area contributed by atoms with Gasteiger partial charge in [-0.3, -0.25) is 0 Å². The Balaban J connectivity index is 2.05. The second kappa shape index (κ2) is 6.00. The molecule has 0 saturated heterocycles. The molecule has 4 heteroatoms. The first kappa shape index (κ1) is 14.3. The lowest BCUT2D eigenvalue weighted by Gasteiger charge is -2.15. The van der Waals surface area contributed by atoms with Gasteiger partial charge in [0.25, 0.3) is 0 Å². The minimum atomic E-state index is 0.0873. The number of para-hydroxylation sites is 1. The van der Waals surface area contributed by atoms with Crippen molar-refractivity contribution in [2.24, 2.45) is 0 Å². The van der Waals surface area contributed by atoms with Gasteiger partial charge in [-0.05, 0) is 38.4 Å². The summed E-state index contributed by atoms with van der Waals surface area (Å²) < 4.78 is 6.15. The molecule has 110 valence electrons. The number of nitrogens with one attached hydrogen (secondary N) is 1. The highest BCUT2D eigenvalue weighted by Crippen LogP contribution is 2.32. The van der Waals surface area contributed by atoms with E-state index < -0.39 is 0 Å². The fourth-order valence-corrected chi connectivity index (χ4v) is 3.45. The molecule has 0 amide bonds. The van der Waals surface area contributed by atoms with Crippen LogP contribution in [0.5, 0.6) is 0 Å². The van der Waals surface area contributed by atoms with Crippen molar-refractivity contribution in [3.63, 3.8) is 0 Å². The van der Waals surface area contributed by atoms with Crippen LogP contribution in [0.4, 0.5) is 0 Å². The summed E-state index contributed by atoms with van der Waals surface area (Å²) in [6, 6.07) is 8.50. The zero-order valence-corrected chi connectivity index (χ0v) is 13.5. The number of furan rings is 1. The van der Waals surface area contributed by atoms with Gasteiger partial charge in [0.05, 0.1) is 16.1 Å². The number of hydrogen-bond acceptors (Lipinski definition) is 4. The van der Waals surface area contributed by atoms with Crippen molar-refractivity contribution >= 4 is 22.3 Å². The summed E-state index contributed by atoms with van der Waals surface area (Å²) in [6.07, 6.45) is 1.09. The maximum atomic E-state index is 6.15. The van der Waals surface area contributed by atoms with Gasteiger partial charge in [0.15, 0.2) is 0 Å². The van der Waals surface area contributed by atoms with E-state index in [4.69, 9.17) is 4.42 Å². The second-order valence-corrected chi connectivity index (χ2v) is 6.22. The monoisotopic (exact) mass is 300 g/mol. The van der Waals surface area contributed by atoms with Crippen LogP contribution in [0.25, 0.3) is 11.0 Å². The summed E-state index contributed by atoms with van der Waals surface area (Å²) in [7, 11) is 0. The maximum Gasteiger partial charge on any atom is 0.137 e.